The Balaban J connectivity index is 2.39. The number of nitrogens with zero attached hydrogens (tertiary/aromatic N) is 1. The third-order valence-electron chi connectivity index (χ3n) is 2.19. The number of aromatic nitrogens is 1. The fourth-order valence-corrected chi connectivity index (χ4v) is 1.51. The Labute approximate surface area is 104 Å². The highest BCUT2D eigenvalue weighted by Gasteiger charge is 2.26. The van der Waals surface area contributed by atoms with Crippen LogP contribution >= 0.6 is 0 Å². The number of nitrogen functional groups attached to an aromatic ring is 1. The van der Waals surface area contributed by atoms with E-state index in [4.69, 9.17) is 14.7 Å². The van der Waals surface area contributed by atoms with Crippen molar-refractivity contribution in [2.45, 2.75) is 26.3 Å². The van der Waals surface area contributed by atoms with E-state index in [0.717, 1.165) is 0 Å². The Morgan fingerprint density at radius 2 is 2.17 bits per heavy atom. The van der Waals surface area contributed by atoms with Crippen molar-refractivity contribution in [2.75, 3.05) is 5.73 Å². The largest absolute Gasteiger partial charge is 0.463 e. The highest BCUT2D eigenvalue weighted by Crippen LogP contribution is 2.27. The Bertz CT molecular complexity index is 550. The molecule has 6 nitrogen and oxygen atoms in total. The number of hydrogen-bond acceptors (Lipinski definition) is 5. The molecule has 0 aliphatic heterocycles. The smallest absolute Gasteiger partial charge is 0.259 e. The van der Waals surface area contributed by atoms with Crippen molar-refractivity contribution >= 4 is 11.8 Å². The summed E-state index contributed by atoms with van der Waals surface area (Å²) in [6.45, 7) is 5.63. The standard InChI is InChI=1S/C12H15N3O3/c1-12(2,3)14-11(16)8-9(15-18-10(8)13)7-5-4-6-17-7/h4-6H,13H2,1-3H3,(H,14,16). The van der Waals surface area contributed by atoms with E-state index >= 15 is 0 Å². The second-order valence-electron chi connectivity index (χ2n) is 4.95. The molecule has 0 aliphatic carbocycles. The summed E-state index contributed by atoms with van der Waals surface area (Å²) in [5.41, 5.74) is 5.76. The van der Waals surface area contributed by atoms with Crippen LogP contribution in [0.4, 0.5) is 5.88 Å². The molecule has 0 bridgehead atoms. The van der Waals surface area contributed by atoms with Crippen LogP contribution in [0.5, 0.6) is 0 Å². The monoisotopic (exact) mass is 249 g/mol. The van der Waals surface area contributed by atoms with Crippen molar-refractivity contribution in [2.24, 2.45) is 0 Å². The second-order valence-corrected chi connectivity index (χ2v) is 4.95. The Hall–Kier alpha value is -2.24. The fourth-order valence-electron chi connectivity index (χ4n) is 1.51. The fraction of sp³-hybridized carbons (Fsp3) is 0.333. The zero-order valence-electron chi connectivity index (χ0n) is 10.5. The summed E-state index contributed by atoms with van der Waals surface area (Å²) < 4.78 is 10.1. The van der Waals surface area contributed by atoms with Crippen LogP contribution in [-0.2, 0) is 0 Å². The van der Waals surface area contributed by atoms with Crippen LogP contribution in [0, 0.1) is 0 Å². The topological polar surface area (TPSA) is 94.3 Å². The number of nitrogens with two attached hydrogens (primary N) is 1. The van der Waals surface area contributed by atoms with Gasteiger partial charge in [-0.25, -0.2) is 0 Å². The predicted molar refractivity (Wildman–Crippen MR) is 65.8 cm³/mol. The van der Waals surface area contributed by atoms with E-state index < -0.39 is 0 Å². The van der Waals surface area contributed by atoms with Crippen molar-refractivity contribution in [3.63, 3.8) is 0 Å². The molecule has 0 fully saturated rings. The summed E-state index contributed by atoms with van der Waals surface area (Å²) >= 11 is 0. The molecule has 18 heavy (non-hydrogen) atoms. The van der Waals surface area contributed by atoms with Gasteiger partial charge in [0.1, 0.15) is 5.56 Å². The van der Waals surface area contributed by atoms with Crippen LogP contribution < -0.4 is 11.1 Å². The van der Waals surface area contributed by atoms with E-state index in [1.807, 2.05) is 20.8 Å². The number of amides is 1. The van der Waals surface area contributed by atoms with Crippen LogP contribution in [0.15, 0.2) is 27.3 Å². The molecule has 0 aromatic carbocycles. The predicted octanol–water partition coefficient (Wildman–Crippen LogP) is 2.05. The number of anilines is 1. The van der Waals surface area contributed by atoms with Crippen LogP contribution in [0.2, 0.25) is 0 Å². The molecule has 96 valence electrons. The van der Waals surface area contributed by atoms with E-state index in [1.54, 1.807) is 12.1 Å². The maximum Gasteiger partial charge on any atom is 0.259 e. The first-order chi connectivity index (χ1) is 8.38. The van der Waals surface area contributed by atoms with Gasteiger partial charge in [0.05, 0.1) is 6.26 Å². The maximum atomic E-state index is 12.1. The molecule has 3 N–H and O–H groups in total. The molecule has 1 amide bonds. The Kier molecular flexibility index (Phi) is 2.86. The van der Waals surface area contributed by atoms with Gasteiger partial charge in [-0.2, -0.15) is 0 Å². The van der Waals surface area contributed by atoms with Crippen molar-refractivity contribution in [3.8, 4) is 11.5 Å². The quantitative estimate of drug-likeness (QED) is 0.849. The molecule has 0 atom stereocenters. The summed E-state index contributed by atoms with van der Waals surface area (Å²) in [6.07, 6.45) is 1.49. The summed E-state index contributed by atoms with van der Waals surface area (Å²) in [5.74, 6) is 0.0744. The first kappa shape index (κ1) is 12.2. The average Bonchev–Trinajstić information content (AvgIpc) is 2.82. The van der Waals surface area contributed by atoms with Gasteiger partial charge < -0.3 is 20.0 Å². The van der Waals surface area contributed by atoms with Crippen molar-refractivity contribution in [1.29, 1.82) is 0 Å². The lowest BCUT2D eigenvalue weighted by Gasteiger charge is -2.20. The minimum Gasteiger partial charge on any atom is -0.463 e. The number of hydrogen-bond donors (Lipinski definition) is 2. The number of furan rings is 1. The molecule has 6 heteroatoms. The normalized spacial score (nSPS) is 11.5. The Morgan fingerprint density at radius 1 is 1.44 bits per heavy atom. The molecular formula is C12H15N3O3. The number of carbonyl (C=O) groups is 1. The lowest BCUT2D eigenvalue weighted by Crippen LogP contribution is -2.40. The van der Waals surface area contributed by atoms with E-state index in [9.17, 15) is 4.79 Å². The summed E-state index contributed by atoms with van der Waals surface area (Å²) in [4.78, 5) is 12.1. The summed E-state index contributed by atoms with van der Waals surface area (Å²) in [5, 5.41) is 6.56. The van der Waals surface area contributed by atoms with Gasteiger partial charge in [0.2, 0.25) is 5.88 Å². The third kappa shape index (κ3) is 2.37. The molecule has 0 radical (unpaired) electrons. The van der Waals surface area contributed by atoms with Gasteiger partial charge in [0.25, 0.3) is 5.91 Å². The average molecular weight is 249 g/mol. The van der Waals surface area contributed by atoms with E-state index in [0.29, 0.717) is 11.5 Å². The molecule has 0 aliphatic rings. The SMILES string of the molecule is CC(C)(C)NC(=O)c1c(-c2ccco2)noc1N. The number of nitrogens with one attached hydrogen (secondary N) is 1. The molecule has 2 rings (SSSR count). The van der Waals surface area contributed by atoms with Gasteiger partial charge in [0.15, 0.2) is 11.5 Å². The van der Waals surface area contributed by atoms with Crippen LogP contribution in [0.25, 0.3) is 11.5 Å². The second kappa shape index (κ2) is 4.21. The molecular weight excluding hydrogens is 234 g/mol. The number of carbonyl (C=O) groups excluding carboxylic acids is 1. The minimum atomic E-state index is -0.374. The van der Waals surface area contributed by atoms with Gasteiger partial charge in [0, 0.05) is 5.54 Å². The van der Waals surface area contributed by atoms with Gasteiger partial charge in [-0.3, -0.25) is 4.79 Å². The van der Waals surface area contributed by atoms with Crippen molar-refractivity contribution in [3.05, 3.63) is 24.0 Å². The van der Waals surface area contributed by atoms with Gasteiger partial charge in [-0.05, 0) is 32.9 Å². The third-order valence-corrected chi connectivity index (χ3v) is 2.19. The highest BCUT2D eigenvalue weighted by atomic mass is 16.5. The zero-order valence-corrected chi connectivity index (χ0v) is 10.5. The summed E-state index contributed by atoms with van der Waals surface area (Å²) in [7, 11) is 0. The number of rotatable bonds is 2. The van der Waals surface area contributed by atoms with E-state index in [1.165, 1.54) is 6.26 Å². The molecule has 0 saturated carbocycles. The molecule has 0 saturated heterocycles. The zero-order chi connectivity index (χ0) is 13.3. The molecule has 2 aromatic heterocycles. The minimum absolute atomic E-state index is 0.0249. The summed E-state index contributed by atoms with van der Waals surface area (Å²) in [6, 6.07) is 3.39. The first-order valence-corrected chi connectivity index (χ1v) is 5.50. The van der Waals surface area contributed by atoms with Crippen LogP contribution in [0.3, 0.4) is 0 Å². The van der Waals surface area contributed by atoms with E-state index in [2.05, 4.69) is 10.5 Å². The van der Waals surface area contributed by atoms with Crippen molar-refractivity contribution < 1.29 is 13.7 Å². The van der Waals surface area contributed by atoms with Gasteiger partial charge in [-0.15, -0.1) is 0 Å². The molecule has 0 unspecified atom stereocenters. The highest BCUT2D eigenvalue weighted by molar-refractivity contribution is 6.03. The first-order valence-electron chi connectivity index (χ1n) is 5.50. The molecule has 0 spiro atoms. The van der Waals surface area contributed by atoms with Crippen LogP contribution in [-0.4, -0.2) is 16.6 Å². The molecule has 2 heterocycles. The Morgan fingerprint density at radius 3 is 2.72 bits per heavy atom. The van der Waals surface area contributed by atoms with Crippen LogP contribution in [0.1, 0.15) is 31.1 Å². The van der Waals surface area contributed by atoms with E-state index in [-0.39, 0.29) is 22.9 Å². The lowest BCUT2D eigenvalue weighted by atomic mass is 10.1. The lowest BCUT2D eigenvalue weighted by molar-refractivity contribution is 0.0920. The molecule has 2 aromatic rings. The maximum absolute atomic E-state index is 12.1. The van der Waals surface area contributed by atoms with Crippen molar-refractivity contribution in [1.82, 2.24) is 10.5 Å². The van der Waals surface area contributed by atoms with Gasteiger partial charge in [-0.1, -0.05) is 5.16 Å². The van der Waals surface area contributed by atoms with Gasteiger partial charge >= 0.3 is 0 Å².